The summed E-state index contributed by atoms with van der Waals surface area (Å²) in [5.74, 6) is 8.07. The van der Waals surface area contributed by atoms with Crippen molar-refractivity contribution in [3.8, 4) is 22.6 Å². The molecule has 2 heterocycles. The number of rotatable bonds is 7. The number of aromatic nitrogens is 2. The van der Waals surface area contributed by atoms with Crippen LogP contribution in [0.25, 0.3) is 11.1 Å². The maximum absolute atomic E-state index is 12.4. The molecule has 7 saturated carbocycles. The van der Waals surface area contributed by atoms with Gasteiger partial charge in [0.15, 0.2) is 0 Å². The zero-order valence-electron chi connectivity index (χ0n) is 73.2. The molecule has 0 radical (unpaired) electrons. The first-order valence-corrected chi connectivity index (χ1v) is 47.5. The van der Waals surface area contributed by atoms with Gasteiger partial charge in [0.1, 0.15) is 30.3 Å². The Hall–Kier alpha value is -7.88. The zero-order chi connectivity index (χ0) is 83.3. The number of anilines is 1. The monoisotopic (exact) mass is 1700 g/mol. The van der Waals surface area contributed by atoms with E-state index in [1.54, 1.807) is 49.4 Å². The molecule has 14 unspecified atom stereocenters. The normalized spacial score (nSPS) is 29.9. The molecule has 1 aliphatic heterocycles. The minimum absolute atomic E-state index is 0.229. The van der Waals surface area contributed by atoms with Gasteiger partial charge in [-0.05, 0) is 392 Å². The second kappa shape index (κ2) is 32.7. The van der Waals surface area contributed by atoms with Crippen LogP contribution in [-0.2, 0) is 101 Å². The summed E-state index contributed by atoms with van der Waals surface area (Å²) in [6, 6.07) is 69.3. The number of amides is 1. The molecule has 24 rings (SSSR count). The molecule has 7 spiro atoms. The van der Waals surface area contributed by atoms with E-state index < -0.39 is 5.60 Å². The van der Waals surface area contributed by atoms with Crippen molar-refractivity contribution in [3.63, 3.8) is 0 Å². The van der Waals surface area contributed by atoms with Gasteiger partial charge in [-0.15, -0.1) is 0 Å². The number of aryl methyl sites for hydroxylation is 6. The van der Waals surface area contributed by atoms with Gasteiger partial charge < -0.3 is 14.2 Å². The summed E-state index contributed by atoms with van der Waals surface area (Å²) in [5, 5.41) is 6.16. The van der Waals surface area contributed by atoms with Crippen LogP contribution >= 0.6 is 39.1 Å². The quantitative estimate of drug-likeness (QED) is 0.159. The van der Waals surface area contributed by atoms with Crippen molar-refractivity contribution in [3.05, 3.63) is 304 Å². The lowest BCUT2D eigenvalue weighted by Crippen LogP contribution is -2.42. The fraction of sp³-hybridized carbons (Fsp3) is 0.473. The highest BCUT2D eigenvalue weighted by Crippen LogP contribution is 2.67. The summed E-state index contributed by atoms with van der Waals surface area (Å²) in [5.41, 5.74) is 29.3. The molecular formula is C110H126BrCl2N3O4. The Kier molecular flexibility index (Phi) is 22.6. The Morgan fingerprint density at radius 3 is 1.38 bits per heavy atom. The topological polar surface area (TPSA) is 65.8 Å². The van der Waals surface area contributed by atoms with Crippen LogP contribution in [0.4, 0.5) is 10.5 Å². The molecule has 10 heteroatoms. The molecule has 7 fully saturated rings. The van der Waals surface area contributed by atoms with E-state index in [1.165, 1.54) is 196 Å². The minimum atomic E-state index is -0.450. The number of halogens is 3. The molecule has 1 amide bonds. The van der Waals surface area contributed by atoms with Crippen molar-refractivity contribution in [1.82, 2.24) is 9.78 Å². The summed E-state index contributed by atoms with van der Waals surface area (Å²) in [6.07, 6.45) is 34.1. The molecule has 120 heavy (non-hydrogen) atoms. The van der Waals surface area contributed by atoms with E-state index in [0.717, 1.165) is 81.6 Å². The standard InChI is InChI=1S/C20H22O.C19H20O.C17H20N2.C17H23NO2.C13H15Br.2C12H13Cl/c1-15-13-20(15)11-5-8-17-12-18(9-10-19(17)20)21-14-16-6-3-2-4-7-16;1-14-12-19(14)10-9-16-11-17(7-8-18(16)19)20-13-15-5-3-2-4-6-15;1-12-9-17(12)7-3-4-14-8-13(5-6-16(14)17)15-10-18-19(2)11-15;1-12-11-17(12)9-10-18(15(19)20-16(2,3)4)14-8-6-5-7-13(14)17;1-9-8-13(9)6-2-3-10-7-11(14)4-5-12(10)13;1-8-7-12(8)5-4-9-2-3-10(13)6-11(9)12;1-8-7-12(8)6-5-9-10(12)3-2-4-11(9)13/h2-4,6-7,9-10,12,15H,5,8,11,13-14H2,1H3;2-8,11,14H,9-10,12-13H2,1H3;5-6,8,10-12H,3-4,7,9H2,1-2H3;5-8,12H,9-11H2,1-4H3;4-5,7,9H,2-3,6,8H2,1H3;2-3,6,8H,4-5,7H2,1H3;2-4,8H,5-7H2,1H3. The molecule has 1 aromatic heterocycles. The molecule has 14 atom stereocenters. The predicted octanol–water partition coefficient (Wildman–Crippen LogP) is 28.4. The number of carbonyl (C=O) groups excluding carboxylic acids is 1. The lowest BCUT2D eigenvalue weighted by atomic mass is 9.78. The third kappa shape index (κ3) is 16.2. The van der Waals surface area contributed by atoms with Gasteiger partial charge in [-0.1, -0.05) is 221 Å². The molecule has 0 saturated heterocycles. The largest absolute Gasteiger partial charge is 0.489 e. The van der Waals surface area contributed by atoms with Crippen LogP contribution < -0.4 is 14.4 Å². The summed E-state index contributed by atoms with van der Waals surface area (Å²) in [7, 11) is 1.97. The highest BCUT2D eigenvalue weighted by atomic mass is 79.9. The number of fused-ring (bicyclic) bond motifs is 14. The van der Waals surface area contributed by atoms with Crippen molar-refractivity contribution in [2.24, 2.45) is 48.5 Å². The first kappa shape index (κ1) is 83.0. The van der Waals surface area contributed by atoms with Crippen molar-refractivity contribution in [2.45, 2.75) is 274 Å². The molecule has 10 aromatic rings. The van der Waals surface area contributed by atoms with Crippen molar-refractivity contribution < 1.29 is 19.0 Å². The Labute approximate surface area is 735 Å². The van der Waals surface area contributed by atoms with Gasteiger partial charge in [-0.25, -0.2) is 4.79 Å². The van der Waals surface area contributed by atoms with E-state index >= 15 is 0 Å². The average molecular weight is 1710 g/mol. The molecule has 0 bridgehead atoms. The highest BCUT2D eigenvalue weighted by Gasteiger charge is 2.60. The number of hydrogen-bond donors (Lipinski definition) is 0. The van der Waals surface area contributed by atoms with Gasteiger partial charge in [0.2, 0.25) is 0 Å². The fourth-order valence-corrected chi connectivity index (χ4v) is 25.2. The summed E-state index contributed by atoms with van der Waals surface area (Å²) < 4.78 is 20.6. The molecule has 7 nitrogen and oxygen atoms in total. The lowest BCUT2D eigenvalue weighted by Gasteiger charge is -2.36. The van der Waals surface area contributed by atoms with Gasteiger partial charge in [0, 0.05) is 45.3 Å². The van der Waals surface area contributed by atoms with Crippen LogP contribution in [0.2, 0.25) is 10.0 Å². The van der Waals surface area contributed by atoms with Gasteiger partial charge in [-0.3, -0.25) is 9.58 Å². The number of carbonyl (C=O) groups is 1. The Morgan fingerprint density at radius 1 is 0.425 bits per heavy atom. The van der Waals surface area contributed by atoms with E-state index in [2.05, 4.69) is 233 Å². The van der Waals surface area contributed by atoms with Crippen LogP contribution in [0.3, 0.4) is 0 Å². The Morgan fingerprint density at radius 2 is 0.858 bits per heavy atom. The van der Waals surface area contributed by atoms with E-state index in [9.17, 15) is 4.79 Å². The van der Waals surface area contributed by atoms with Crippen molar-refractivity contribution in [1.29, 1.82) is 0 Å². The smallest absolute Gasteiger partial charge is 0.414 e. The molecule has 9 aromatic carbocycles. The first-order chi connectivity index (χ1) is 57.8. The van der Waals surface area contributed by atoms with Gasteiger partial charge in [0.25, 0.3) is 0 Å². The van der Waals surface area contributed by atoms with E-state index in [0.29, 0.717) is 51.1 Å². The second-order valence-corrected chi connectivity index (χ2v) is 42.4. The third-order valence-corrected chi connectivity index (χ3v) is 33.4. The van der Waals surface area contributed by atoms with Crippen LogP contribution in [0.15, 0.2) is 211 Å². The third-order valence-electron chi connectivity index (χ3n) is 32.3. The molecule has 0 N–H and O–H groups in total. The van der Waals surface area contributed by atoms with Gasteiger partial charge in [-0.2, -0.15) is 5.10 Å². The van der Waals surface area contributed by atoms with E-state index in [-0.39, 0.29) is 6.09 Å². The number of hydrogen-bond acceptors (Lipinski definition) is 5. The van der Waals surface area contributed by atoms with Crippen LogP contribution in [0, 0.1) is 41.4 Å². The van der Waals surface area contributed by atoms with Gasteiger partial charge >= 0.3 is 6.09 Å². The summed E-state index contributed by atoms with van der Waals surface area (Å²) >= 11 is 15.8. The number of ether oxygens (including phenoxy) is 3. The maximum atomic E-state index is 12.4. The van der Waals surface area contributed by atoms with E-state index in [1.807, 2.05) is 75.1 Å². The maximum Gasteiger partial charge on any atom is 0.414 e. The van der Waals surface area contributed by atoms with Gasteiger partial charge in [0.05, 0.1) is 11.9 Å². The molecule has 14 aliphatic rings. The van der Waals surface area contributed by atoms with Crippen LogP contribution in [-0.4, -0.2) is 28.0 Å². The Bertz CT molecular complexity index is 5440. The lowest BCUT2D eigenvalue weighted by molar-refractivity contribution is 0.0575. The minimum Gasteiger partial charge on any atom is -0.489 e. The summed E-state index contributed by atoms with van der Waals surface area (Å²) in [6.45, 7) is 24.4. The molecular weight excluding hydrogens is 1580 g/mol. The molecule has 13 aliphatic carbocycles. The SMILES string of the molecule is CC1CC12CCCc1cc(-c3cnn(C)c3)ccc12.CC1CC12CCCc1cc(Br)ccc12.CC1CC12CCCc1cc(OCc3ccccc3)ccc12.CC1CC12CCN(C(=O)OC(C)(C)C)c1ccccc12.CC1CC12CCc1c(Cl)cccc12.CC1CC12CCc1cc(OCc3ccccc3)ccc12.CC1CC12CCc1ccc(Cl)cc12. The fourth-order valence-electron chi connectivity index (χ4n) is 24.3. The van der Waals surface area contributed by atoms with E-state index in [4.69, 9.17) is 37.4 Å². The Balaban J connectivity index is 0.0000000967. The summed E-state index contributed by atoms with van der Waals surface area (Å²) in [4.78, 5) is 14.2. The molecule has 626 valence electrons. The predicted molar refractivity (Wildman–Crippen MR) is 497 cm³/mol. The van der Waals surface area contributed by atoms with Crippen LogP contribution in [0.5, 0.6) is 11.5 Å². The number of para-hydroxylation sites is 1. The van der Waals surface area contributed by atoms with Crippen molar-refractivity contribution >= 4 is 50.9 Å². The first-order valence-electron chi connectivity index (χ1n) is 46.0. The number of nitrogens with zero attached hydrogens (tertiary/aromatic N) is 3. The average Bonchev–Trinajstić information content (AvgIpc) is 1.56. The second-order valence-electron chi connectivity index (χ2n) is 40.6. The number of benzene rings is 9. The highest BCUT2D eigenvalue weighted by molar-refractivity contribution is 9.10. The van der Waals surface area contributed by atoms with Crippen LogP contribution in [0.1, 0.15) is 262 Å². The zero-order valence-corrected chi connectivity index (χ0v) is 76.3. The van der Waals surface area contributed by atoms with Crippen molar-refractivity contribution in [2.75, 3.05) is 11.4 Å².